The Balaban J connectivity index is 3.30. The van der Waals surface area contributed by atoms with Crippen LogP contribution in [0.4, 0.5) is 0 Å². The first-order chi connectivity index (χ1) is 4.66. The predicted molar refractivity (Wildman–Crippen MR) is 46.6 cm³/mol. The van der Waals surface area contributed by atoms with Crippen LogP contribution in [0.15, 0.2) is 0 Å². The molecule has 1 N–H and O–H groups in total. The van der Waals surface area contributed by atoms with Crippen molar-refractivity contribution in [3.05, 3.63) is 0 Å². The summed E-state index contributed by atoms with van der Waals surface area (Å²) in [7, 11) is -0.868. The minimum absolute atomic E-state index is 0.0923. The minimum Gasteiger partial charge on any atom is -0.312 e. The molecule has 4 heteroatoms. The van der Waals surface area contributed by atoms with Gasteiger partial charge in [-0.2, -0.15) is 0 Å². The lowest BCUT2D eigenvalue weighted by Crippen LogP contribution is -2.06. The van der Waals surface area contributed by atoms with E-state index < -0.39 is 10.8 Å². The molecule has 2 atom stereocenters. The third-order valence-corrected chi connectivity index (χ3v) is 2.46. The van der Waals surface area contributed by atoms with Gasteiger partial charge in [-0.15, -0.1) is 11.6 Å². The van der Waals surface area contributed by atoms with Crippen molar-refractivity contribution >= 4 is 28.6 Å². The average Bonchev–Trinajstić information content (AvgIpc) is 1.85. The molecule has 0 fully saturated rings. The first-order valence-corrected chi connectivity index (χ1v) is 5.07. The summed E-state index contributed by atoms with van der Waals surface area (Å²) in [6, 6.07) is 0. The SMILES string of the molecule is CC(Cl)CCS(=O)CC=N. The van der Waals surface area contributed by atoms with Crippen molar-refractivity contribution < 1.29 is 4.21 Å². The summed E-state index contributed by atoms with van der Waals surface area (Å²) in [4.78, 5) is 0. The number of rotatable bonds is 5. The van der Waals surface area contributed by atoms with Gasteiger partial charge in [-0.1, -0.05) is 0 Å². The summed E-state index contributed by atoms with van der Waals surface area (Å²) >= 11 is 5.63. The second-order valence-electron chi connectivity index (χ2n) is 2.08. The largest absolute Gasteiger partial charge is 0.312 e. The molecule has 0 spiro atoms. The zero-order valence-electron chi connectivity index (χ0n) is 5.97. The lowest BCUT2D eigenvalue weighted by atomic mass is 10.4. The summed E-state index contributed by atoms with van der Waals surface area (Å²) in [6.45, 7) is 1.88. The van der Waals surface area contributed by atoms with Crippen molar-refractivity contribution in [3.8, 4) is 0 Å². The molecule has 2 unspecified atom stereocenters. The Morgan fingerprint density at radius 2 is 2.40 bits per heavy atom. The van der Waals surface area contributed by atoms with E-state index >= 15 is 0 Å². The average molecular weight is 182 g/mol. The molecule has 0 rings (SSSR count). The standard InChI is InChI=1S/C6H12ClNOS/c1-6(7)2-4-10(9)5-3-8/h3,6,8H,2,4-5H2,1H3. The zero-order chi connectivity index (χ0) is 7.98. The molecule has 0 saturated carbocycles. The first-order valence-electron chi connectivity index (χ1n) is 3.14. The highest BCUT2D eigenvalue weighted by atomic mass is 35.5. The molecule has 60 valence electrons. The molecule has 0 amide bonds. The van der Waals surface area contributed by atoms with E-state index in [0.717, 1.165) is 6.42 Å². The van der Waals surface area contributed by atoms with Crippen molar-refractivity contribution in [1.82, 2.24) is 0 Å². The fourth-order valence-electron chi connectivity index (χ4n) is 0.470. The van der Waals surface area contributed by atoms with Crippen molar-refractivity contribution in [1.29, 1.82) is 5.41 Å². The third kappa shape index (κ3) is 6.23. The molecule has 0 aliphatic heterocycles. The van der Waals surface area contributed by atoms with E-state index in [-0.39, 0.29) is 5.38 Å². The van der Waals surface area contributed by atoms with Crippen LogP contribution in [-0.4, -0.2) is 27.3 Å². The minimum atomic E-state index is -0.868. The van der Waals surface area contributed by atoms with Gasteiger partial charge >= 0.3 is 0 Å². The highest BCUT2D eigenvalue weighted by Gasteiger charge is 2.00. The van der Waals surface area contributed by atoms with Gasteiger partial charge < -0.3 is 5.41 Å². The Hall–Kier alpha value is 0.110. The van der Waals surface area contributed by atoms with Crippen LogP contribution in [0.3, 0.4) is 0 Å². The van der Waals surface area contributed by atoms with Gasteiger partial charge in [-0.25, -0.2) is 0 Å². The number of hydrogen-bond acceptors (Lipinski definition) is 2. The van der Waals surface area contributed by atoms with Gasteiger partial charge in [0.25, 0.3) is 0 Å². The van der Waals surface area contributed by atoms with Crippen LogP contribution in [-0.2, 0) is 10.8 Å². The maximum atomic E-state index is 10.8. The Morgan fingerprint density at radius 1 is 1.80 bits per heavy atom. The maximum Gasteiger partial charge on any atom is 0.0582 e. The molecule has 0 radical (unpaired) electrons. The quantitative estimate of drug-likeness (QED) is 0.506. The van der Waals surface area contributed by atoms with Crippen LogP contribution >= 0.6 is 11.6 Å². The van der Waals surface area contributed by atoms with E-state index in [1.807, 2.05) is 6.92 Å². The van der Waals surface area contributed by atoms with Crippen molar-refractivity contribution in [3.63, 3.8) is 0 Å². The first kappa shape index (κ1) is 10.1. The molecule has 2 nitrogen and oxygen atoms in total. The molecule has 0 bridgehead atoms. The highest BCUT2D eigenvalue weighted by Crippen LogP contribution is 2.00. The summed E-state index contributed by atoms with van der Waals surface area (Å²) in [5.74, 6) is 0.976. The monoisotopic (exact) mass is 181 g/mol. The van der Waals surface area contributed by atoms with Crippen molar-refractivity contribution in [2.75, 3.05) is 11.5 Å². The molecule has 10 heavy (non-hydrogen) atoms. The predicted octanol–water partition coefficient (Wildman–Crippen LogP) is 1.40. The van der Waals surface area contributed by atoms with E-state index in [4.69, 9.17) is 17.0 Å². The van der Waals surface area contributed by atoms with Gasteiger partial charge in [0.1, 0.15) is 0 Å². The molecular weight excluding hydrogens is 170 g/mol. The molecule has 0 saturated heterocycles. The summed E-state index contributed by atoms with van der Waals surface area (Å²) < 4.78 is 10.8. The molecule has 0 aliphatic carbocycles. The fraction of sp³-hybridized carbons (Fsp3) is 0.833. The molecule has 0 aromatic heterocycles. The lowest BCUT2D eigenvalue weighted by molar-refractivity contribution is 0.682. The molecule has 0 aliphatic rings. The van der Waals surface area contributed by atoms with Crippen LogP contribution in [0.5, 0.6) is 0 Å². The van der Waals surface area contributed by atoms with E-state index in [1.54, 1.807) is 0 Å². The maximum absolute atomic E-state index is 10.8. The van der Waals surface area contributed by atoms with Crippen LogP contribution < -0.4 is 0 Å². The Labute approximate surface area is 68.9 Å². The lowest BCUT2D eigenvalue weighted by Gasteiger charge is -1.99. The Morgan fingerprint density at radius 3 is 2.80 bits per heavy atom. The summed E-state index contributed by atoms with van der Waals surface area (Å²) in [6.07, 6.45) is 1.94. The third-order valence-electron chi connectivity index (χ3n) is 1.01. The van der Waals surface area contributed by atoms with E-state index in [1.165, 1.54) is 6.21 Å². The number of hydrogen-bond donors (Lipinski definition) is 1. The van der Waals surface area contributed by atoms with Crippen LogP contribution in [0.25, 0.3) is 0 Å². The topological polar surface area (TPSA) is 40.9 Å². The van der Waals surface area contributed by atoms with E-state index in [9.17, 15) is 4.21 Å². The highest BCUT2D eigenvalue weighted by molar-refractivity contribution is 7.85. The normalized spacial score (nSPS) is 16.2. The van der Waals surface area contributed by atoms with Crippen LogP contribution in [0.1, 0.15) is 13.3 Å². The molecule has 0 aromatic carbocycles. The van der Waals surface area contributed by atoms with E-state index in [0.29, 0.717) is 11.5 Å². The van der Waals surface area contributed by atoms with Crippen LogP contribution in [0.2, 0.25) is 0 Å². The van der Waals surface area contributed by atoms with Gasteiger partial charge in [-0.3, -0.25) is 4.21 Å². The zero-order valence-corrected chi connectivity index (χ0v) is 7.54. The van der Waals surface area contributed by atoms with Gasteiger partial charge in [0.15, 0.2) is 0 Å². The fourth-order valence-corrected chi connectivity index (χ4v) is 1.68. The van der Waals surface area contributed by atoms with Crippen molar-refractivity contribution in [2.45, 2.75) is 18.7 Å². The smallest absolute Gasteiger partial charge is 0.0582 e. The molecular formula is C6H12ClNOS. The van der Waals surface area contributed by atoms with Gasteiger partial charge in [0.2, 0.25) is 0 Å². The van der Waals surface area contributed by atoms with Gasteiger partial charge in [0.05, 0.1) is 5.75 Å². The summed E-state index contributed by atoms with van der Waals surface area (Å²) in [5.41, 5.74) is 0. The van der Waals surface area contributed by atoms with Gasteiger partial charge in [-0.05, 0) is 13.3 Å². The second kappa shape index (κ2) is 5.86. The number of nitrogens with one attached hydrogen (secondary N) is 1. The summed E-state index contributed by atoms with van der Waals surface area (Å²) in [5, 5.41) is 6.76. The Kier molecular flexibility index (Phi) is 5.93. The number of alkyl halides is 1. The van der Waals surface area contributed by atoms with Crippen LogP contribution in [0, 0.1) is 5.41 Å². The van der Waals surface area contributed by atoms with E-state index in [2.05, 4.69) is 0 Å². The van der Waals surface area contributed by atoms with Gasteiger partial charge in [0, 0.05) is 28.1 Å². The second-order valence-corrected chi connectivity index (χ2v) is 4.45. The number of halogens is 1. The van der Waals surface area contributed by atoms with Crippen molar-refractivity contribution in [2.24, 2.45) is 0 Å². The Bertz CT molecular complexity index is 127. The molecule has 0 aromatic rings. The molecule has 0 heterocycles.